The highest BCUT2D eigenvalue weighted by atomic mass is 19.4. The molecule has 1 saturated carbocycles. The van der Waals surface area contributed by atoms with Gasteiger partial charge in [0.15, 0.2) is 11.9 Å². The van der Waals surface area contributed by atoms with Crippen LogP contribution in [0.2, 0.25) is 0 Å². The largest absolute Gasteiger partial charge is 0.444 e. The van der Waals surface area contributed by atoms with Crippen molar-refractivity contribution >= 4 is 29.8 Å². The van der Waals surface area contributed by atoms with E-state index in [-0.39, 0.29) is 56.9 Å². The normalized spacial score (nSPS) is 26.3. The summed E-state index contributed by atoms with van der Waals surface area (Å²) in [6.07, 6.45) is -3.06. The molecule has 4 amide bonds. The molecule has 1 aliphatic carbocycles. The van der Waals surface area contributed by atoms with Gasteiger partial charge in [0, 0.05) is 31.5 Å². The van der Waals surface area contributed by atoms with E-state index in [0.29, 0.717) is 36.0 Å². The van der Waals surface area contributed by atoms with Gasteiger partial charge in [-0.25, -0.2) is 14.0 Å². The molecule has 6 atom stereocenters. The lowest BCUT2D eigenvalue weighted by molar-refractivity contribution is -0.206. The molecule has 58 heavy (non-hydrogen) atoms. The molecule has 3 N–H and O–H groups in total. The molecule has 2 aromatic rings. The van der Waals surface area contributed by atoms with E-state index in [9.17, 15) is 46.6 Å². The minimum atomic E-state index is -4.83. The SMILES string of the molecule is CC(C)(C)OC(=O)N[C@H]1CCCCC/C=C\[C@@H]2C[C@@]2(C(=O)NCc2ccc(C(O)C(F)(F)F)cc2)CC(=O)[C@@H]2C[C@@H](OC(=O)N3Cc4cccc(F)c4C3)CN2C1=O. The van der Waals surface area contributed by atoms with E-state index in [0.717, 1.165) is 25.0 Å². The molecule has 12 nitrogen and oxygen atoms in total. The van der Waals surface area contributed by atoms with Crippen LogP contribution in [0.25, 0.3) is 0 Å². The van der Waals surface area contributed by atoms with E-state index < -0.39 is 77.1 Å². The maximum atomic E-state index is 14.5. The summed E-state index contributed by atoms with van der Waals surface area (Å²) in [5.41, 5.74) is -0.867. The first-order valence-corrected chi connectivity index (χ1v) is 19.7. The number of rotatable bonds is 6. The zero-order valence-corrected chi connectivity index (χ0v) is 32.8. The Labute approximate surface area is 334 Å². The average Bonchev–Trinajstić information content (AvgIpc) is 3.44. The number of hydrogen-bond donors (Lipinski definition) is 3. The van der Waals surface area contributed by atoms with Gasteiger partial charge in [0.25, 0.3) is 0 Å². The number of ether oxygens (including phenoxy) is 2. The fourth-order valence-electron chi connectivity index (χ4n) is 8.04. The molecule has 1 unspecified atom stereocenters. The summed E-state index contributed by atoms with van der Waals surface area (Å²) in [5, 5.41) is 15.1. The fraction of sp³-hybridized carbons (Fsp3) is 0.548. The van der Waals surface area contributed by atoms with Crippen LogP contribution in [0.3, 0.4) is 0 Å². The topological polar surface area (TPSA) is 155 Å². The van der Waals surface area contributed by atoms with Gasteiger partial charge in [-0.15, -0.1) is 0 Å². The highest BCUT2D eigenvalue weighted by molar-refractivity contribution is 5.97. The summed E-state index contributed by atoms with van der Waals surface area (Å²) in [5.74, 6) is -2.18. The van der Waals surface area contributed by atoms with Gasteiger partial charge in [-0.3, -0.25) is 19.3 Å². The molecule has 1 saturated heterocycles. The second-order valence-corrected chi connectivity index (χ2v) is 16.7. The summed E-state index contributed by atoms with van der Waals surface area (Å²) in [4.78, 5) is 71.9. The van der Waals surface area contributed by atoms with E-state index in [1.807, 2.05) is 12.2 Å². The van der Waals surface area contributed by atoms with Gasteiger partial charge in [-0.1, -0.05) is 61.4 Å². The van der Waals surface area contributed by atoms with Crippen molar-refractivity contribution in [3.05, 3.63) is 82.7 Å². The van der Waals surface area contributed by atoms with Crippen LogP contribution >= 0.6 is 0 Å². The van der Waals surface area contributed by atoms with Crippen LogP contribution in [0, 0.1) is 17.2 Å². The standard InChI is InChI=1S/C42H50F4N4O8/c1-40(2,3)58-38(55)48-32-13-8-6-4-5-7-11-28-19-41(28,37(54)47-21-25-14-16-26(17-15-25)35(52)42(44,45)46)20-34(51)33-18-29(23-50(33)36(32)53)57-39(56)49-22-27-10-9-12-31(43)30(27)24-49/h7,9-12,14-17,28-29,32-33,35,52H,4-6,8,13,18-24H2,1-3H3,(H,47,54)(H,48,55)/b11-7-/t28-,29-,32+,33+,35?,41-/m1/s1. The van der Waals surface area contributed by atoms with Crippen molar-refractivity contribution in [2.24, 2.45) is 11.3 Å². The predicted octanol–water partition coefficient (Wildman–Crippen LogP) is 6.54. The number of carbonyl (C=O) groups excluding carboxylic acids is 5. The number of alkyl halides is 3. The van der Waals surface area contributed by atoms with Crippen molar-refractivity contribution in [1.29, 1.82) is 0 Å². The highest BCUT2D eigenvalue weighted by Gasteiger charge is 2.60. The highest BCUT2D eigenvalue weighted by Crippen LogP contribution is 2.57. The van der Waals surface area contributed by atoms with Gasteiger partial charge in [-0.05, 0) is 75.1 Å². The minimum absolute atomic E-state index is 0.00730. The van der Waals surface area contributed by atoms with Gasteiger partial charge in [0.05, 0.1) is 24.5 Å². The molecule has 16 heteroatoms. The molecular formula is C42H50F4N4O8. The number of hydrogen-bond acceptors (Lipinski definition) is 8. The van der Waals surface area contributed by atoms with Gasteiger partial charge < -0.3 is 30.1 Å². The third-order valence-corrected chi connectivity index (χ3v) is 11.2. The smallest absolute Gasteiger partial charge is 0.418 e. The third-order valence-electron chi connectivity index (χ3n) is 11.2. The van der Waals surface area contributed by atoms with Crippen LogP contribution in [0.15, 0.2) is 54.6 Å². The van der Waals surface area contributed by atoms with Crippen LogP contribution in [0.1, 0.15) is 100 Å². The summed E-state index contributed by atoms with van der Waals surface area (Å²) < 4.78 is 64.8. The lowest BCUT2D eigenvalue weighted by atomic mass is 9.90. The molecule has 314 valence electrons. The van der Waals surface area contributed by atoms with E-state index >= 15 is 0 Å². The third kappa shape index (κ3) is 9.99. The number of aliphatic hydroxyl groups is 1. The van der Waals surface area contributed by atoms with Gasteiger partial charge >= 0.3 is 18.4 Å². The number of alkyl carbamates (subject to hydrolysis) is 1. The molecule has 0 bridgehead atoms. The Bertz CT molecular complexity index is 1920. The van der Waals surface area contributed by atoms with Gasteiger partial charge in [0.2, 0.25) is 11.8 Å². The lowest BCUT2D eigenvalue weighted by Gasteiger charge is -2.30. The average molecular weight is 815 g/mol. The van der Waals surface area contributed by atoms with E-state index in [4.69, 9.17) is 9.47 Å². The Balaban J connectivity index is 1.22. The Kier molecular flexibility index (Phi) is 12.5. The summed E-state index contributed by atoms with van der Waals surface area (Å²) >= 11 is 0. The van der Waals surface area contributed by atoms with Crippen molar-refractivity contribution < 1.29 is 56.1 Å². The van der Waals surface area contributed by atoms with E-state index in [1.165, 1.54) is 28.0 Å². The number of benzene rings is 2. The number of nitrogens with one attached hydrogen (secondary N) is 2. The quantitative estimate of drug-likeness (QED) is 0.220. The van der Waals surface area contributed by atoms with Crippen LogP contribution in [0.5, 0.6) is 0 Å². The molecule has 3 heterocycles. The van der Waals surface area contributed by atoms with E-state index in [1.54, 1.807) is 32.9 Å². The Morgan fingerprint density at radius 1 is 1.02 bits per heavy atom. The molecule has 0 spiro atoms. The maximum Gasteiger partial charge on any atom is 0.418 e. The molecule has 3 aliphatic heterocycles. The number of Topliss-reactive ketones (excluding diaryl/α,β-unsaturated/α-hetero) is 1. The minimum Gasteiger partial charge on any atom is -0.444 e. The molecule has 6 rings (SSSR count). The Hall–Kier alpha value is -4.99. The van der Waals surface area contributed by atoms with Crippen molar-refractivity contribution in [1.82, 2.24) is 20.4 Å². The van der Waals surface area contributed by atoms with Crippen LogP contribution in [0.4, 0.5) is 27.2 Å². The molecule has 2 aromatic carbocycles. The first kappa shape index (κ1) is 42.6. The monoisotopic (exact) mass is 814 g/mol. The second kappa shape index (κ2) is 17.1. The number of halogens is 4. The predicted molar refractivity (Wildman–Crippen MR) is 201 cm³/mol. The Morgan fingerprint density at radius 2 is 1.76 bits per heavy atom. The van der Waals surface area contributed by atoms with Gasteiger partial charge in [0.1, 0.15) is 23.6 Å². The van der Waals surface area contributed by atoms with Crippen molar-refractivity contribution in [2.75, 3.05) is 6.54 Å². The van der Waals surface area contributed by atoms with Crippen LogP contribution in [-0.4, -0.2) is 81.2 Å². The molecule has 0 radical (unpaired) electrons. The summed E-state index contributed by atoms with van der Waals surface area (Å²) in [6.45, 7) is 4.97. The maximum absolute atomic E-state index is 14.5. The van der Waals surface area contributed by atoms with Crippen molar-refractivity contribution in [3.63, 3.8) is 0 Å². The number of ketones is 1. The molecule has 0 aromatic heterocycles. The Morgan fingerprint density at radius 3 is 2.45 bits per heavy atom. The second-order valence-electron chi connectivity index (χ2n) is 16.7. The zero-order valence-electron chi connectivity index (χ0n) is 32.8. The number of amides is 4. The molecule has 2 fully saturated rings. The van der Waals surface area contributed by atoms with Crippen LogP contribution < -0.4 is 10.6 Å². The number of nitrogens with zero attached hydrogens (tertiary/aromatic N) is 2. The number of fused-ring (bicyclic) bond motifs is 3. The molecular weight excluding hydrogens is 764 g/mol. The first-order valence-electron chi connectivity index (χ1n) is 19.7. The zero-order chi connectivity index (χ0) is 42.0. The van der Waals surface area contributed by atoms with E-state index in [2.05, 4.69) is 10.6 Å². The molecule has 4 aliphatic rings. The van der Waals surface area contributed by atoms with Crippen molar-refractivity contribution in [3.8, 4) is 0 Å². The number of allylic oxidation sites excluding steroid dienone is 2. The summed E-state index contributed by atoms with van der Waals surface area (Å²) in [6, 6.07) is 7.42. The van der Waals surface area contributed by atoms with Crippen molar-refractivity contribution in [2.45, 2.75) is 128 Å². The summed E-state index contributed by atoms with van der Waals surface area (Å²) in [7, 11) is 0. The van der Waals surface area contributed by atoms with Crippen LogP contribution in [-0.2, 0) is 43.5 Å². The fourth-order valence-corrected chi connectivity index (χ4v) is 8.04. The lowest BCUT2D eigenvalue weighted by Crippen LogP contribution is -2.53. The number of aliphatic hydroxyl groups excluding tert-OH is 1. The van der Waals surface area contributed by atoms with Gasteiger partial charge in [-0.2, -0.15) is 13.2 Å². The number of carbonyl (C=O) groups is 5. The first-order chi connectivity index (χ1) is 27.3.